The van der Waals surface area contributed by atoms with E-state index in [9.17, 15) is 9.18 Å². The Morgan fingerprint density at radius 2 is 2.24 bits per heavy atom. The Bertz CT molecular complexity index is 439. The van der Waals surface area contributed by atoms with E-state index < -0.39 is 5.82 Å². The zero-order chi connectivity index (χ0) is 12.4. The average Bonchev–Trinajstić information content (AvgIpc) is 2.33. The molecule has 1 aliphatic rings. The maximum absolute atomic E-state index is 13.6. The Morgan fingerprint density at radius 1 is 1.47 bits per heavy atom. The molecule has 1 saturated heterocycles. The third-order valence-electron chi connectivity index (χ3n) is 2.71. The van der Waals surface area contributed by atoms with Crippen molar-refractivity contribution in [3.05, 3.63) is 12.0 Å². The van der Waals surface area contributed by atoms with E-state index >= 15 is 0 Å². The molecule has 0 saturated carbocycles. The molecule has 1 amide bonds. The third kappa shape index (κ3) is 2.27. The number of hydrogen-bond acceptors (Lipinski definition) is 5. The van der Waals surface area contributed by atoms with Crippen molar-refractivity contribution in [1.29, 1.82) is 0 Å². The highest BCUT2D eigenvalue weighted by Crippen LogP contribution is 2.18. The molecule has 1 aromatic rings. The SMILES string of the molecule is CNc1ncc(F)c(N2CCN(C)C(=O)C2)n1. The number of nitrogens with zero attached hydrogens (tertiary/aromatic N) is 4. The summed E-state index contributed by atoms with van der Waals surface area (Å²) >= 11 is 0. The van der Waals surface area contributed by atoms with Crippen LogP contribution >= 0.6 is 0 Å². The van der Waals surface area contributed by atoms with Gasteiger partial charge in [-0.15, -0.1) is 0 Å². The molecule has 0 radical (unpaired) electrons. The van der Waals surface area contributed by atoms with Crippen LogP contribution in [0.25, 0.3) is 0 Å². The number of carbonyl (C=O) groups excluding carboxylic acids is 1. The monoisotopic (exact) mass is 239 g/mol. The Kier molecular flexibility index (Phi) is 3.08. The molecule has 0 bridgehead atoms. The number of hydrogen-bond donors (Lipinski definition) is 1. The van der Waals surface area contributed by atoms with Crippen LogP contribution in [-0.4, -0.2) is 54.5 Å². The molecular weight excluding hydrogens is 225 g/mol. The minimum atomic E-state index is -0.513. The number of anilines is 2. The van der Waals surface area contributed by atoms with Gasteiger partial charge in [-0.3, -0.25) is 4.79 Å². The van der Waals surface area contributed by atoms with Gasteiger partial charge in [0.1, 0.15) is 0 Å². The van der Waals surface area contributed by atoms with E-state index in [-0.39, 0.29) is 18.3 Å². The van der Waals surface area contributed by atoms with Crippen LogP contribution in [0.5, 0.6) is 0 Å². The summed E-state index contributed by atoms with van der Waals surface area (Å²) in [5, 5.41) is 2.74. The van der Waals surface area contributed by atoms with Gasteiger partial charge in [0.2, 0.25) is 11.9 Å². The highest BCUT2D eigenvalue weighted by molar-refractivity contribution is 5.82. The van der Waals surface area contributed by atoms with E-state index in [0.29, 0.717) is 19.0 Å². The molecule has 1 aromatic heterocycles. The molecule has 0 aromatic carbocycles. The second kappa shape index (κ2) is 4.52. The topological polar surface area (TPSA) is 61.4 Å². The quantitative estimate of drug-likeness (QED) is 0.783. The van der Waals surface area contributed by atoms with Crippen molar-refractivity contribution in [2.24, 2.45) is 0 Å². The summed E-state index contributed by atoms with van der Waals surface area (Å²) in [5.74, 6) is -0.0415. The number of nitrogens with one attached hydrogen (secondary N) is 1. The van der Waals surface area contributed by atoms with Crippen LogP contribution in [0.4, 0.5) is 16.2 Å². The molecule has 2 rings (SSSR count). The minimum Gasteiger partial charge on any atom is -0.357 e. The Labute approximate surface area is 98.5 Å². The first-order chi connectivity index (χ1) is 8.11. The lowest BCUT2D eigenvalue weighted by Gasteiger charge is -2.32. The first-order valence-electron chi connectivity index (χ1n) is 5.31. The molecule has 6 nitrogen and oxygen atoms in total. The summed E-state index contributed by atoms with van der Waals surface area (Å²) in [4.78, 5) is 22.6. The van der Waals surface area contributed by atoms with Crippen molar-refractivity contribution >= 4 is 17.7 Å². The first kappa shape index (κ1) is 11.6. The number of amides is 1. The molecule has 1 aliphatic heterocycles. The fourth-order valence-electron chi connectivity index (χ4n) is 1.64. The van der Waals surface area contributed by atoms with Gasteiger partial charge in [-0.1, -0.05) is 0 Å². The zero-order valence-corrected chi connectivity index (χ0v) is 9.77. The number of likely N-dealkylation sites (N-methyl/N-ethyl adjacent to an activating group) is 1. The molecule has 17 heavy (non-hydrogen) atoms. The van der Waals surface area contributed by atoms with Crippen molar-refractivity contribution in [1.82, 2.24) is 14.9 Å². The van der Waals surface area contributed by atoms with E-state index in [4.69, 9.17) is 0 Å². The molecule has 0 aliphatic carbocycles. The van der Waals surface area contributed by atoms with E-state index in [2.05, 4.69) is 15.3 Å². The summed E-state index contributed by atoms with van der Waals surface area (Å²) in [6, 6.07) is 0. The van der Waals surface area contributed by atoms with Gasteiger partial charge in [0.25, 0.3) is 0 Å². The standard InChI is InChI=1S/C10H14FN5O/c1-12-10-13-5-7(11)9(14-10)16-4-3-15(2)8(17)6-16/h5H,3-4,6H2,1-2H3,(H,12,13,14). The number of carbonyl (C=O) groups is 1. The van der Waals surface area contributed by atoms with Crippen LogP contribution in [0.15, 0.2) is 6.20 Å². The number of piperazine rings is 1. The zero-order valence-electron chi connectivity index (χ0n) is 9.77. The summed E-state index contributed by atoms with van der Waals surface area (Å²) in [7, 11) is 3.39. The molecule has 0 atom stereocenters. The van der Waals surface area contributed by atoms with Crippen LogP contribution < -0.4 is 10.2 Å². The molecule has 2 heterocycles. The van der Waals surface area contributed by atoms with Crippen LogP contribution in [-0.2, 0) is 4.79 Å². The van der Waals surface area contributed by atoms with Gasteiger partial charge in [0, 0.05) is 27.2 Å². The van der Waals surface area contributed by atoms with Gasteiger partial charge < -0.3 is 15.1 Å². The predicted octanol–water partition coefficient (Wildman–Crippen LogP) is -0.0642. The van der Waals surface area contributed by atoms with Gasteiger partial charge in [0.05, 0.1) is 12.7 Å². The minimum absolute atomic E-state index is 0.0414. The summed E-state index contributed by atoms with van der Waals surface area (Å²) in [6.45, 7) is 1.28. The van der Waals surface area contributed by atoms with Crippen molar-refractivity contribution < 1.29 is 9.18 Å². The van der Waals surface area contributed by atoms with Gasteiger partial charge in [-0.2, -0.15) is 4.98 Å². The maximum Gasteiger partial charge on any atom is 0.241 e. The van der Waals surface area contributed by atoms with E-state index in [1.165, 1.54) is 0 Å². The Balaban J connectivity index is 2.24. The number of halogens is 1. The van der Waals surface area contributed by atoms with Gasteiger partial charge >= 0.3 is 0 Å². The van der Waals surface area contributed by atoms with Crippen LogP contribution in [0.1, 0.15) is 0 Å². The summed E-state index contributed by atoms with van der Waals surface area (Å²) in [6.07, 6.45) is 1.11. The summed E-state index contributed by atoms with van der Waals surface area (Å²) in [5.41, 5.74) is 0. The lowest BCUT2D eigenvalue weighted by Crippen LogP contribution is -2.49. The fourth-order valence-corrected chi connectivity index (χ4v) is 1.64. The van der Waals surface area contributed by atoms with Crippen molar-refractivity contribution in [2.75, 3.05) is 43.9 Å². The third-order valence-corrected chi connectivity index (χ3v) is 2.71. The lowest BCUT2D eigenvalue weighted by molar-refractivity contribution is -0.129. The number of aromatic nitrogens is 2. The highest BCUT2D eigenvalue weighted by atomic mass is 19.1. The molecule has 1 fully saturated rings. The molecule has 92 valence electrons. The maximum atomic E-state index is 13.6. The Hall–Kier alpha value is -1.92. The van der Waals surface area contributed by atoms with Crippen LogP contribution in [0.3, 0.4) is 0 Å². The Morgan fingerprint density at radius 3 is 2.88 bits per heavy atom. The fraction of sp³-hybridized carbons (Fsp3) is 0.500. The molecule has 1 N–H and O–H groups in total. The van der Waals surface area contributed by atoms with E-state index in [0.717, 1.165) is 6.20 Å². The van der Waals surface area contributed by atoms with Crippen LogP contribution in [0, 0.1) is 5.82 Å². The van der Waals surface area contributed by atoms with E-state index in [1.807, 2.05) is 0 Å². The van der Waals surface area contributed by atoms with E-state index in [1.54, 1.807) is 23.9 Å². The molecule has 7 heteroatoms. The van der Waals surface area contributed by atoms with Crippen molar-refractivity contribution in [2.45, 2.75) is 0 Å². The number of rotatable bonds is 2. The second-order valence-corrected chi connectivity index (χ2v) is 3.85. The molecular formula is C10H14FN5O. The largest absolute Gasteiger partial charge is 0.357 e. The first-order valence-corrected chi connectivity index (χ1v) is 5.31. The second-order valence-electron chi connectivity index (χ2n) is 3.85. The molecule has 0 unspecified atom stereocenters. The van der Waals surface area contributed by atoms with Gasteiger partial charge in [0.15, 0.2) is 11.6 Å². The predicted molar refractivity (Wildman–Crippen MR) is 61.4 cm³/mol. The summed E-state index contributed by atoms with van der Waals surface area (Å²) < 4.78 is 13.6. The molecule has 0 spiro atoms. The smallest absolute Gasteiger partial charge is 0.241 e. The van der Waals surface area contributed by atoms with Gasteiger partial charge in [-0.25, -0.2) is 9.37 Å². The highest BCUT2D eigenvalue weighted by Gasteiger charge is 2.24. The average molecular weight is 239 g/mol. The van der Waals surface area contributed by atoms with Crippen molar-refractivity contribution in [3.8, 4) is 0 Å². The van der Waals surface area contributed by atoms with Crippen LogP contribution in [0.2, 0.25) is 0 Å². The normalized spacial score (nSPS) is 16.3. The van der Waals surface area contributed by atoms with Gasteiger partial charge in [-0.05, 0) is 0 Å². The lowest BCUT2D eigenvalue weighted by atomic mass is 10.3. The van der Waals surface area contributed by atoms with Crippen molar-refractivity contribution in [3.63, 3.8) is 0 Å².